The second-order valence-corrected chi connectivity index (χ2v) is 6.32. The number of H-pyrrole nitrogens is 1. The zero-order valence-electron chi connectivity index (χ0n) is 14.6. The van der Waals surface area contributed by atoms with Crippen LogP contribution < -0.4 is 11.1 Å². The first kappa shape index (κ1) is 20.0. The van der Waals surface area contributed by atoms with Crippen LogP contribution in [0.5, 0.6) is 0 Å². The first-order valence-corrected chi connectivity index (χ1v) is 8.70. The van der Waals surface area contributed by atoms with Crippen LogP contribution in [0.3, 0.4) is 0 Å². The van der Waals surface area contributed by atoms with Crippen molar-refractivity contribution < 1.29 is 9.59 Å². The van der Waals surface area contributed by atoms with Gasteiger partial charge in [-0.05, 0) is 30.5 Å². The summed E-state index contributed by atoms with van der Waals surface area (Å²) in [5, 5.41) is 2.82. The van der Waals surface area contributed by atoms with Crippen LogP contribution in [0.1, 0.15) is 23.3 Å². The summed E-state index contributed by atoms with van der Waals surface area (Å²) in [4.78, 5) is 29.9. The number of hydrogen-bond acceptors (Lipinski definition) is 3. The molecule has 1 unspecified atom stereocenters. The van der Waals surface area contributed by atoms with Crippen molar-refractivity contribution >= 4 is 24.2 Å². The number of nitrogens with one attached hydrogen (secondary N) is 2. The van der Waals surface area contributed by atoms with Gasteiger partial charge in [0.25, 0.3) is 5.91 Å². The number of amides is 2. The van der Waals surface area contributed by atoms with Crippen molar-refractivity contribution in [2.75, 3.05) is 26.2 Å². The lowest BCUT2D eigenvalue weighted by Gasteiger charge is -2.31. The van der Waals surface area contributed by atoms with Crippen molar-refractivity contribution in [1.82, 2.24) is 15.2 Å². The second-order valence-electron chi connectivity index (χ2n) is 6.32. The molecule has 0 aliphatic carbocycles. The first-order valence-electron chi connectivity index (χ1n) is 8.70. The largest absolute Gasteiger partial charge is 0.355 e. The van der Waals surface area contributed by atoms with E-state index in [2.05, 4.69) is 10.3 Å². The van der Waals surface area contributed by atoms with Crippen LogP contribution in [-0.2, 0) is 4.79 Å². The molecule has 4 N–H and O–H groups in total. The molecule has 7 heteroatoms. The number of carbonyl (C=O) groups excluding carboxylic acids is 2. The van der Waals surface area contributed by atoms with Gasteiger partial charge in [-0.25, -0.2) is 0 Å². The standard InChI is InChI=1S/C19H24N4O2.ClH/c20-10-11-21-18(24)15-7-4-12-23(13-15)19(25)17-9-8-16(22-17)14-5-2-1-3-6-14;/h1-3,5-6,8-9,15,22H,4,7,10-13,20H2,(H,21,24);1H. The van der Waals surface area contributed by atoms with Crippen molar-refractivity contribution in [3.8, 4) is 11.3 Å². The summed E-state index contributed by atoms with van der Waals surface area (Å²) in [6.45, 7) is 2.03. The van der Waals surface area contributed by atoms with Gasteiger partial charge in [0.05, 0.1) is 5.92 Å². The molecule has 1 saturated heterocycles. The number of nitrogens with two attached hydrogens (primary N) is 1. The van der Waals surface area contributed by atoms with E-state index in [0.29, 0.717) is 31.9 Å². The van der Waals surface area contributed by atoms with Gasteiger partial charge in [-0.2, -0.15) is 0 Å². The third-order valence-corrected chi connectivity index (χ3v) is 4.52. The zero-order chi connectivity index (χ0) is 17.6. The van der Waals surface area contributed by atoms with Gasteiger partial charge in [0.1, 0.15) is 5.69 Å². The monoisotopic (exact) mass is 376 g/mol. The molecule has 0 saturated carbocycles. The second kappa shape index (κ2) is 9.40. The molecule has 26 heavy (non-hydrogen) atoms. The summed E-state index contributed by atoms with van der Waals surface area (Å²) in [7, 11) is 0. The number of aromatic amines is 1. The maximum atomic E-state index is 12.8. The van der Waals surface area contributed by atoms with Gasteiger partial charge >= 0.3 is 0 Å². The van der Waals surface area contributed by atoms with Crippen LogP contribution in [0.15, 0.2) is 42.5 Å². The highest BCUT2D eigenvalue weighted by Crippen LogP contribution is 2.21. The van der Waals surface area contributed by atoms with Crippen molar-refractivity contribution in [2.24, 2.45) is 11.7 Å². The van der Waals surface area contributed by atoms with Crippen molar-refractivity contribution in [1.29, 1.82) is 0 Å². The molecule has 1 atom stereocenters. The number of likely N-dealkylation sites (tertiary alicyclic amines) is 1. The quantitative estimate of drug-likeness (QED) is 0.745. The Morgan fingerprint density at radius 1 is 1.19 bits per heavy atom. The highest BCUT2D eigenvalue weighted by molar-refractivity contribution is 5.94. The van der Waals surface area contributed by atoms with E-state index in [1.807, 2.05) is 42.5 Å². The van der Waals surface area contributed by atoms with E-state index in [0.717, 1.165) is 24.1 Å². The minimum Gasteiger partial charge on any atom is -0.355 e. The lowest BCUT2D eigenvalue weighted by atomic mass is 9.97. The number of halogens is 1. The molecule has 0 spiro atoms. The topological polar surface area (TPSA) is 91.2 Å². The number of piperidine rings is 1. The van der Waals surface area contributed by atoms with Gasteiger partial charge in [0, 0.05) is 31.9 Å². The molecule has 1 aromatic heterocycles. The Hall–Kier alpha value is -2.31. The summed E-state index contributed by atoms with van der Waals surface area (Å²) >= 11 is 0. The highest BCUT2D eigenvalue weighted by atomic mass is 35.5. The molecule has 140 valence electrons. The Morgan fingerprint density at radius 3 is 2.69 bits per heavy atom. The first-order chi connectivity index (χ1) is 12.2. The Labute approximate surface area is 159 Å². The van der Waals surface area contributed by atoms with Gasteiger partial charge in [0.15, 0.2) is 0 Å². The van der Waals surface area contributed by atoms with E-state index < -0.39 is 0 Å². The Morgan fingerprint density at radius 2 is 1.96 bits per heavy atom. The molecule has 1 aromatic carbocycles. The molecule has 1 aliphatic rings. The fraction of sp³-hybridized carbons (Fsp3) is 0.368. The SMILES string of the molecule is Cl.NCCNC(=O)C1CCCN(C(=O)c2ccc(-c3ccccc3)[nH]2)C1. The normalized spacial score (nSPS) is 16.7. The van der Waals surface area contributed by atoms with Gasteiger partial charge in [-0.15, -0.1) is 12.4 Å². The number of carbonyl (C=O) groups is 2. The summed E-state index contributed by atoms with van der Waals surface area (Å²) in [5.41, 5.74) is 7.94. The molecule has 2 heterocycles. The third kappa shape index (κ3) is 4.65. The maximum Gasteiger partial charge on any atom is 0.270 e. The summed E-state index contributed by atoms with van der Waals surface area (Å²) in [5.74, 6) is -0.231. The predicted octanol–water partition coefficient (Wildman–Crippen LogP) is 2.03. The molecular weight excluding hydrogens is 352 g/mol. The Balaban J connectivity index is 0.00000243. The van der Waals surface area contributed by atoms with Crippen LogP contribution in [0, 0.1) is 5.92 Å². The third-order valence-electron chi connectivity index (χ3n) is 4.52. The number of nitrogens with zero attached hydrogens (tertiary/aromatic N) is 1. The van der Waals surface area contributed by atoms with E-state index in [4.69, 9.17) is 5.73 Å². The Bertz CT molecular complexity index is 732. The van der Waals surface area contributed by atoms with Crippen LogP contribution in [0.25, 0.3) is 11.3 Å². The van der Waals surface area contributed by atoms with Gasteiger partial charge in [0.2, 0.25) is 5.91 Å². The lowest BCUT2D eigenvalue weighted by molar-refractivity contribution is -0.126. The molecule has 0 radical (unpaired) electrons. The molecule has 2 aromatic rings. The van der Waals surface area contributed by atoms with Gasteiger partial charge in [-0.3, -0.25) is 9.59 Å². The minimum absolute atomic E-state index is 0. The van der Waals surface area contributed by atoms with Crippen LogP contribution in [-0.4, -0.2) is 47.9 Å². The van der Waals surface area contributed by atoms with Crippen molar-refractivity contribution in [3.63, 3.8) is 0 Å². The Kier molecular flexibility index (Phi) is 7.24. The lowest BCUT2D eigenvalue weighted by Crippen LogP contribution is -2.46. The average molecular weight is 377 g/mol. The van der Waals surface area contributed by atoms with Crippen molar-refractivity contribution in [3.05, 3.63) is 48.2 Å². The van der Waals surface area contributed by atoms with Crippen LogP contribution in [0.2, 0.25) is 0 Å². The summed E-state index contributed by atoms with van der Waals surface area (Å²) in [6.07, 6.45) is 1.64. The number of rotatable bonds is 5. The molecule has 2 amide bonds. The smallest absolute Gasteiger partial charge is 0.270 e. The number of hydrogen-bond donors (Lipinski definition) is 3. The zero-order valence-corrected chi connectivity index (χ0v) is 15.4. The molecule has 6 nitrogen and oxygen atoms in total. The molecule has 1 fully saturated rings. The predicted molar refractivity (Wildman–Crippen MR) is 104 cm³/mol. The van der Waals surface area contributed by atoms with Gasteiger partial charge < -0.3 is 20.9 Å². The molecule has 3 rings (SSSR count). The maximum absolute atomic E-state index is 12.8. The number of benzene rings is 1. The summed E-state index contributed by atoms with van der Waals surface area (Å²) < 4.78 is 0. The van der Waals surface area contributed by atoms with Gasteiger partial charge in [-0.1, -0.05) is 30.3 Å². The fourth-order valence-corrected chi connectivity index (χ4v) is 3.19. The molecule has 0 bridgehead atoms. The molecular formula is C19H25ClN4O2. The number of aromatic nitrogens is 1. The molecule has 1 aliphatic heterocycles. The van der Waals surface area contributed by atoms with Crippen molar-refractivity contribution in [2.45, 2.75) is 12.8 Å². The average Bonchev–Trinajstić information content (AvgIpc) is 3.16. The van der Waals surface area contributed by atoms with Crippen LogP contribution >= 0.6 is 12.4 Å². The van der Waals surface area contributed by atoms with E-state index in [1.54, 1.807) is 4.90 Å². The minimum atomic E-state index is -0.159. The summed E-state index contributed by atoms with van der Waals surface area (Å²) in [6, 6.07) is 13.6. The van der Waals surface area contributed by atoms with Crippen LogP contribution in [0.4, 0.5) is 0 Å². The van der Waals surface area contributed by atoms with E-state index in [9.17, 15) is 9.59 Å². The van der Waals surface area contributed by atoms with E-state index in [-0.39, 0.29) is 30.1 Å². The highest BCUT2D eigenvalue weighted by Gasteiger charge is 2.29. The fourth-order valence-electron chi connectivity index (χ4n) is 3.19. The van der Waals surface area contributed by atoms with E-state index in [1.165, 1.54) is 0 Å². The van der Waals surface area contributed by atoms with E-state index >= 15 is 0 Å².